The van der Waals surface area contributed by atoms with Crippen LogP contribution in [0.15, 0.2) is 58.8 Å². The SMILES string of the molecule is O=C(OCn1ncc2ccccc21)N1C=CC2=NCSC2=C1. The molecule has 4 rings (SSSR count). The maximum Gasteiger partial charge on any atom is 0.419 e. The van der Waals surface area contributed by atoms with E-state index in [1.807, 2.05) is 30.3 Å². The van der Waals surface area contributed by atoms with Crippen LogP contribution in [0.3, 0.4) is 0 Å². The molecule has 1 aromatic heterocycles. The zero-order valence-electron chi connectivity index (χ0n) is 11.5. The van der Waals surface area contributed by atoms with Gasteiger partial charge in [0.2, 0.25) is 0 Å². The van der Waals surface area contributed by atoms with Gasteiger partial charge in [0.25, 0.3) is 0 Å². The van der Waals surface area contributed by atoms with Crippen LogP contribution in [0.5, 0.6) is 0 Å². The first kappa shape index (κ1) is 13.1. The van der Waals surface area contributed by atoms with Crippen molar-refractivity contribution in [2.45, 2.75) is 6.73 Å². The molecule has 0 aliphatic carbocycles. The molecule has 110 valence electrons. The van der Waals surface area contributed by atoms with Gasteiger partial charge in [-0.15, -0.1) is 0 Å². The molecule has 2 aromatic rings. The zero-order valence-corrected chi connectivity index (χ0v) is 12.4. The molecule has 6 nitrogen and oxygen atoms in total. The molecule has 0 atom stereocenters. The van der Waals surface area contributed by atoms with Gasteiger partial charge in [-0.05, 0) is 12.1 Å². The number of thioether (sulfide) groups is 1. The highest BCUT2D eigenvalue weighted by atomic mass is 32.2. The molecule has 0 saturated heterocycles. The van der Waals surface area contributed by atoms with E-state index >= 15 is 0 Å². The molecular formula is C15H12N4O2S. The van der Waals surface area contributed by atoms with E-state index in [0.29, 0.717) is 5.88 Å². The second-order valence-electron chi connectivity index (χ2n) is 4.78. The summed E-state index contributed by atoms with van der Waals surface area (Å²) < 4.78 is 6.98. The molecular weight excluding hydrogens is 300 g/mol. The zero-order chi connectivity index (χ0) is 14.9. The number of ether oxygens (including phenoxy) is 1. The van der Waals surface area contributed by atoms with Crippen molar-refractivity contribution in [2.75, 3.05) is 5.88 Å². The van der Waals surface area contributed by atoms with Gasteiger partial charge in [-0.2, -0.15) is 5.10 Å². The Morgan fingerprint density at radius 3 is 3.23 bits per heavy atom. The number of allylic oxidation sites excluding steroid dienone is 2. The van der Waals surface area contributed by atoms with Crippen LogP contribution >= 0.6 is 11.8 Å². The lowest BCUT2D eigenvalue weighted by atomic mass is 10.3. The van der Waals surface area contributed by atoms with Crippen molar-refractivity contribution in [3.63, 3.8) is 0 Å². The number of aliphatic imine (C=N–C) groups is 1. The molecule has 0 fully saturated rings. The number of amides is 1. The molecule has 0 spiro atoms. The third kappa shape index (κ3) is 2.29. The molecule has 2 aliphatic heterocycles. The van der Waals surface area contributed by atoms with Gasteiger partial charge in [0, 0.05) is 17.8 Å². The van der Waals surface area contributed by atoms with Crippen LogP contribution < -0.4 is 0 Å². The predicted molar refractivity (Wildman–Crippen MR) is 85.2 cm³/mol. The Labute approximate surface area is 130 Å². The second kappa shape index (κ2) is 5.34. The summed E-state index contributed by atoms with van der Waals surface area (Å²) in [5, 5.41) is 5.25. The summed E-state index contributed by atoms with van der Waals surface area (Å²) in [7, 11) is 0. The number of rotatable bonds is 2. The van der Waals surface area contributed by atoms with Crippen molar-refractivity contribution in [3.05, 3.63) is 53.8 Å². The number of carbonyl (C=O) groups is 1. The van der Waals surface area contributed by atoms with Crippen LogP contribution in [0.1, 0.15) is 0 Å². The van der Waals surface area contributed by atoms with Gasteiger partial charge >= 0.3 is 6.09 Å². The van der Waals surface area contributed by atoms with Gasteiger partial charge in [-0.25, -0.2) is 9.48 Å². The third-order valence-electron chi connectivity index (χ3n) is 3.43. The molecule has 0 saturated carbocycles. The molecule has 7 heteroatoms. The summed E-state index contributed by atoms with van der Waals surface area (Å²) in [6.45, 7) is 0.0773. The lowest BCUT2D eigenvalue weighted by molar-refractivity contribution is 0.0936. The molecule has 1 amide bonds. The molecule has 22 heavy (non-hydrogen) atoms. The van der Waals surface area contributed by atoms with Crippen molar-refractivity contribution < 1.29 is 9.53 Å². The highest BCUT2D eigenvalue weighted by molar-refractivity contribution is 8.04. The molecule has 1 aromatic carbocycles. The molecule has 0 bridgehead atoms. The quantitative estimate of drug-likeness (QED) is 0.855. The molecule has 2 aliphatic rings. The van der Waals surface area contributed by atoms with E-state index in [2.05, 4.69) is 10.1 Å². The summed E-state index contributed by atoms with van der Waals surface area (Å²) in [5.74, 6) is 0.702. The fourth-order valence-electron chi connectivity index (χ4n) is 2.31. The maximum atomic E-state index is 12.1. The van der Waals surface area contributed by atoms with Crippen LogP contribution in [-0.4, -0.2) is 32.4 Å². The van der Waals surface area contributed by atoms with E-state index in [9.17, 15) is 4.79 Å². The topological polar surface area (TPSA) is 59.7 Å². The lowest BCUT2D eigenvalue weighted by Gasteiger charge is -2.18. The Morgan fingerprint density at radius 2 is 2.27 bits per heavy atom. The van der Waals surface area contributed by atoms with E-state index in [4.69, 9.17) is 4.74 Å². The van der Waals surface area contributed by atoms with Gasteiger partial charge < -0.3 is 4.74 Å². The number of hydrogen-bond acceptors (Lipinski definition) is 5. The predicted octanol–water partition coefficient (Wildman–Crippen LogP) is 2.95. The first-order valence-electron chi connectivity index (χ1n) is 6.74. The minimum absolute atomic E-state index is 0.0773. The van der Waals surface area contributed by atoms with Crippen molar-refractivity contribution in [3.8, 4) is 0 Å². The fraction of sp³-hybridized carbons (Fsp3) is 0.133. The molecule has 0 N–H and O–H groups in total. The van der Waals surface area contributed by atoms with Crippen LogP contribution in [0.2, 0.25) is 0 Å². The molecule has 0 radical (unpaired) electrons. The number of carbonyl (C=O) groups excluding carboxylic acids is 1. The van der Waals surface area contributed by atoms with E-state index < -0.39 is 6.09 Å². The Bertz CT molecular complexity index is 837. The first-order chi connectivity index (χ1) is 10.8. The fourth-order valence-corrected chi connectivity index (χ4v) is 3.13. The average Bonchev–Trinajstić information content (AvgIpc) is 3.18. The monoisotopic (exact) mass is 312 g/mol. The lowest BCUT2D eigenvalue weighted by Crippen LogP contribution is -2.25. The number of benzene rings is 1. The van der Waals surface area contributed by atoms with Gasteiger partial charge in [-0.1, -0.05) is 30.0 Å². The summed E-state index contributed by atoms with van der Waals surface area (Å²) in [5.41, 5.74) is 1.86. The van der Waals surface area contributed by atoms with E-state index in [0.717, 1.165) is 21.5 Å². The Kier molecular flexibility index (Phi) is 3.19. The van der Waals surface area contributed by atoms with E-state index in [-0.39, 0.29) is 6.73 Å². The normalized spacial score (nSPS) is 16.5. The Balaban J connectivity index is 1.46. The van der Waals surface area contributed by atoms with Crippen LogP contribution in [0.4, 0.5) is 4.79 Å². The van der Waals surface area contributed by atoms with Crippen LogP contribution in [-0.2, 0) is 11.5 Å². The third-order valence-corrected chi connectivity index (χ3v) is 4.31. The maximum absolute atomic E-state index is 12.1. The Hall–Kier alpha value is -2.54. The van der Waals surface area contributed by atoms with E-state index in [1.165, 1.54) is 4.90 Å². The van der Waals surface area contributed by atoms with Crippen molar-refractivity contribution >= 4 is 34.5 Å². The largest absolute Gasteiger partial charge is 0.426 e. The second-order valence-corrected chi connectivity index (χ2v) is 5.76. The standard InChI is InChI=1S/C15H12N4O2S/c20-15(18-6-5-12-14(8-18)22-9-16-12)21-10-19-13-4-2-1-3-11(13)7-17-19/h1-8H,9-10H2. The van der Waals surface area contributed by atoms with Gasteiger partial charge in [-0.3, -0.25) is 9.89 Å². The highest BCUT2D eigenvalue weighted by Crippen LogP contribution is 2.28. The first-order valence-corrected chi connectivity index (χ1v) is 7.73. The van der Waals surface area contributed by atoms with E-state index in [1.54, 1.807) is 35.0 Å². The smallest absolute Gasteiger partial charge is 0.419 e. The number of hydrogen-bond donors (Lipinski definition) is 0. The van der Waals surface area contributed by atoms with Crippen molar-refractivity contribution in [1.29, 1.82) is 0 Å². The average molecular weight is 312 g/mol. The summed E-state index contributed by atoms with van der Waals surface area (Å²) in [6, 6.07) is 7.79. The summed E-state index contributed by atoms with van der Waals surface area (Å²) in [6.07, 6.45) is 6.55. The van der Waals surface area contributed by atoms with Crippen molar-refractivity contribution in [2.24, 2.45) is 4.99 Å². The van der Waals surface area contributed by atoms with Crippen molar-refractivity contribution in [1.82, 2.24) is 14.7 Å². The van der Waals surface area contributed by atoms with Crippen LogP contribution in [0.25, 0.3) is 10.9 Å². The molecule has 3 heterocycles. The number of aromatic nitrogens is 2. The highest BCUT2D eigenvalue weighted by Gasteiger charge is 2.21. The number of nitrogens with zero attached hydrogens (tertiary/aromatic N) is 4. The number of fused-ring (bicyclic) bond motifs is 2. The van der Waals surface area contributed by atoms with Crippen LogP contribution in [0, 0.1) is 0 Å². The summed E-state index contributed by atoms with van der Waals surface area (Å²) >= 11 is 1.60. The molecule has 0 unspecified atom stereocenters. The number of para-hydroxylation sites is 1. The van der Waals surface area contributed by atoms with Gasteiger partial charge in [0.15, 0.2) is 6.73 Å². The minimum Gasteiger partial charge on any atom is -0.426 e. The van der Waals surface area contributed by atoms with Gasteiger partial charge in [0.05, 0.1) is 28.2 Å². The summed E-state index contributed by atoms with van der Waals surface area (Å²) in [4.78, 5) is 18.9. The Morgan fingerprint density at radius 1 is 1.36 bits per heavy atom. The van der Waals surface area contributed by atoms with Gasteiger partial charge in [0.1, 0.15) is 0 Å². The minimum atomic E-state index is -0.435.